The van der Waals surface area contributed by atoms with Crippen molar-refractivity contribution in [3.05, 3.63) is 48.3 Å². The van der Waals surface area contributed by atoms with Crippen LogP contribution >= 0.6 is 0 Å². The van der Waals surface area contributed by atoms with Gasteiger partial charge in [-0.2, -0.15) is 5.10 Å². The van der Waals surface area contributed by atoms with Crippen LogP contribution in [-0.2, 0) is 11.3 Å². The van der Waals surface area contributed by atoms with Crippen LogP contribution < -0.4 is 11.1 Å². The maximum atomic E-state index is 10.9. The average Bonchev–Trinajstić information content (AvgIpc) is 2.90. The lowest BCUT2D eigenvalue weighted by atomic mass is 10.2. The zero-order valence-electron chi connectivity index (χ0n) is 10.2. The molecule has 2 rings (SSSR count). The fourth-order valence-electron chi connectivity index (χ4n) is 1.56. The second-order valence-electron chi connectivity index (χ2n) is 4.12. The van der Waals surface area contributed by atoms with Gasteiger partial charge in [0.25, 0.3) is 0 Å². The maximum Gasteiger partial charge on any atom is 0.234 e. The molecule has 1 atom stereocenters. The van der Waals surface area contributed by atoms with Crippen LogP contribution in [0.1, 0.15) is 12.5 Å². The van der Waals surface area contributed by atoms with Gasteiger partial charge >= 0.3 is 0 Å². The minimum Gasteiger partial charge on any atom is -0.368 e. The van der Waals surface area contributed by atoms with Crippen LogP contribution in [0.25, 0.3) is 5.69 Å². The Labute approximate surface area is 106 Å². The first-order chi connectivity index (χ1) is 8.66. The van der Waals surface area contributed by atoms with Crippen LogP contribution in [0.5, 0.6) is 0 Å². The Bertz CT molecular complexity index is 504. The second-order valence-corrected chi connectivity index (χ2v) is 4.12. The van der Waals surface area contributed by atoms with E-state index < -0.39 is 0 Å². The molecule has 0 saturated heterocycles. The summed E-state index contributed by atoms with van der Waals surface area (Å²) in [6, 6.07) is 9.52. The molecular formula is C13H16N4O. The first-order valence-electron chi connectivity index (χ1n) is 5.78. The van der Waals surface area contributed by atoms with E-state index >= 15 is 0 Å². The van der Waals surface area contributed by atoms with Crippen LogP contribution in [0, 0.1) is 0 Å². The van der Waals surface area contributed by atoms with Gasteiger partial charge in [0.2, 0.25) is 5.91 Å². The van der Waals surface area contributed by atoms with E-state index in [0.717, 1.165) is 11.3 Å². The molecular weight excluding hydrogens is 228 g/mol. The quantitative estimate of drug-likeness (QED) is 0.818. The molecule has 0 aliphatic heterocycles. The summed E-state index contributed by atoms with van der Waals surface area (Å²) in [6.07, 6.45) is 3.63. The highest BCUT2D eigenvalue weighted by Gasteiger charge is 2.06. The highest BCUT2D eigenvalue weighted by atomic mass is 16.1. The standard InChI is InChI=1S/C13H16N4O/c1-10(13(14)18)15-9-11-3-5-12(6-4-11)17-8-2-7-16-17/h2-8,10,15H,9H2,1H3,(H2,14,18). The Morgan fingerprint density at radius 1 is 1.44 bits per heavy atom. The van der Waals surface area contributed by atoms with Gasteiger partial charge in [-0.3, -0.25) is 4.79 Å². The molecule has 3 N–H and O–H groups in total. The van der Waals surface area contributed by atoms with Crippen molar-refractivity contribution in [3.63, 3.8) is 0 Å². The van der Waals surface area contributed by atoms with E-state index in [4.69, 9.17) is 5.73 Å². The molecule has 5 nitrogen and oxygen atoms in total. The minimum absolute atomic E-state index is 0.323. The van der Waals surface area contributed by atoms with Crippen molar-refractivity contribution in [2.45, 2.75) is 19.5 Å². The molecule has 0 spiro atoms. The number of hydrogen-bond acceptors (Lipinski definition) is 3. The van der Waals surface area contributed by atoms with Crippen LogP contribution in [0.3, 0.4) is 0 Å². The molecule has 1 aromatic heterocycles. The van der Waals surface area contributed by atoms with Gasteiger partial charge in [0, 0.05) is 18.9 Å². The zero-order chi connectivity index (χ0) is 13.0. The third-order valence-electron chi connectivity index (χ3n) is 2.74. The summed E-state index contributed by atoms with van der Waals surface area (Å²) in [5.74, 6) is -0.344. The van der Waals surface area contributed by atoms with E-state index in [1.165, 1.54) is 0 Å². The fraction of sp³-hybridized carbons (Fsp3) is 0.231. The highest BCUT2D eigenvalue weighted by molar-refractivity contribution is 5.79. The Morgan fingerprint density at radius 2 is 2.17 bits per heavy atom. The topological polar surface area (TPSA) is 72.9 Å². The average molecular weight is 244 g/mol. The molecule has 0 fully saturated rings. The van der Waals surface area contributed by atoms with E-state index in [-0.39, 0.29) is 11.9 Å². The first kappa shape index (κ1) is 12.3. The van der Waals surface area contributed by atoms with Crippen molar-refractivity contribution in [2.75, 3.05) is 0 Å². The summed E-state index contributed by atoms with van der Waals surface area (Å²) >= 11 is 0. The van der Waals surface area contributed by atoms with Crippen LogP contribution in [-0.4, -0.2) is 21.7 Å². The zero-order valence-corrected chi connectivity index (χ0v) is 10.2. The van der Waals surface area contributed by atoms with E-state index in [1.807, 2.05) is 36.5 Å². The predicted octanol–water partition coefficient (Wildman–Crippen LogP) is 0.836. The Balaban J connectivity index is 1.98. The molecule has 1 heterocycles. The molecule has 2 aromatic rings. The monoisotopic (exact) mass is 244 g/mol. The van der Waals surface area contributed by atoms with Crippen LogP contribution in [0.15, 0.2) is 42.7 Å². The van der Waals surface area contributed by atoms with E-state index in [2.05, 4.69) is 10.4 Å². The third kappa shape index (κ3) is 2.95. The summed E-state index contributed by atoms with van der Waals surface area (Å²) in [7, 11) is 0. The van der Waals surface area contributed by atoms with Gasteiger partial charge in [-0.1, -0.05) is 12.1 Å². The molecule has 0 radical (unpaired) electrons. The largest absolute Gasteiger partial charge is 0.368 e. The van der Waals surface area contributed by atoms with Gasteiger partial charge in [0.15, 0.2) is 0 Å². The Kier molecular flexibility index (Phi) is 3.74. The molecule has 5 heteroatoms. The highest BCUT2D eigenvalue weighted by Crippen LogP contribution is 2.08. The van der Waals surface area contributed by atoms with Crippen molar-refractivity contribution in [2.24, 2.45) is 5.73 Å². The molecule has 0 bridgehead atoms. The summed E-state index contributed by atoms with van der Waals surface area (Å²) in [6.45, 7) is 2.37. The number of amides is 1. The van der Waals surface area contributed by atoms with Gasteiger partial charge in [0.05, 0.1) is 11.7 Å². The predicted molar refractivity (Wildman–Crippen MR) is 69.1 cm³/mol. The smallest absolute Gasteiger partial charge is 0.234 e. The van der Waals surface area contributed by atoms with E-state index in [9.17, 15) is 4.79 Å². The lowest BCUT2D eigenvalue weighted by Crippen LogP contribution is -2.38. The lowest BCUT2D eigenvalue weighted by molar-refractivity contribution is -0.119. The van der Waals surface area contributed by atoms with Gasteiger partial charge in [0.1, 0.15) is 0 Å². The molecule has 0 aliphatic carbocycles. The van der Waals surface area contributed by atoms with Gasteiger partial charge in [-0.25, -0.2) is 4.68 Å². The molecule has 0 saturated carbocycles. The minimum atomic E-state index is -0.344. The molecule has 1 amide bonds. The third-order valence-corrected chi connectivity index (χ3v) is 2.74. The van der Waals surface area contributed by atoms with Gasteiger partial charge < -0.3 is 11.1 Å². The van der Waals surface area contributed by atoms with Crippen molar-refractivity contribution >= 4 is 5.91 Å². The van der Waals surface area contributed by atoms with Crippen molar-refractivity contribution in [1.82, 2.24) is 15.1 Å². The Morgan fingerprint density at radius 3 is 2.72 bits per heavy atom. The van der Waals surface area contributed by atoms with Crippen LogP contribution in [0.4, 0.5) is 0 Å². The fourth-order valence-corrected chi connectivity index (χ4v) is 1.56. The lowest BCUT2D eigenvalue weighted by Gasteiger charge is -2.10. The number of carbonyl (C=O) groups is 1. The number of carbonyl (C=O) groups excluding carboxylic acids is 1. The summed E-state index contributed by atoms with van der Waals surface area (Å²) in [5, 5.41) is 7.21. The Hall–Kier alpha value is -2.14. The number of nitrogens with one attached hydrogen (secondary N) is 1. The van der Waals surface area contributed by atoms with Crippen molar-refractivity contribution in [1.29, 1.82) is 0 Å². The summed E-state index contributed by atoms with van der Waals surface area (Å²) < 4.78 is 1.79. The van der Waals surface area contributed by atoms with Crippen LogP contribution in [0.2, 0.25) is 0 Å². The number of primary amides is 1. The van der Waals surface area contributed by atoms with E-state index in [1.54, 1.807) is 17.8 Å². The second kappa shape index (κ2) is 5.46. The number of benzene rings is 1. The number of hydrogen-bond donors (Lipinski definition) is 2. The molecule has 1 aromatic carbocycles. The SMILES string of the molecule is CC(NCc1ccc(-n2cccn2)cc1)C(N)=O. The molecule has 1 unspecified atom stereocenters. The summed E-state index contributed by atoms with van der Waals surface area (Å²) in [4.78, 5) is 10.9. The molecule has 94 valence electrons. The first-order valence-corrected chi connectivity index (χ1v) is 5.78. The number of nitrogens with two attached hydrogens (primary N) is 1. The number of aromatic nitrogens is 2. The molecule has 18 heavy (non-hydrogen) atoms. The van der Waals surface area contributed by atoms with Gasteiger partial charge in [-0.15, -0.1) is 0 Å². The summed E-state index contributed by atoms with van der Waals surface area (Å²) in [5.41, 5.74) is 7.28. The molecule has 0 aliphatic rings. The number of rotatable bonds is 5. The van der Waals surface area contributed by atoms with Crippen molar-refractivity contribution < 1.29 is 4.79 Å². The number of nitrogens with zero attached hydrogens (tertiary/aromatic N) is 2. The van der Waals surface area contributed by atoms with Gasteiger partial charge in [-0.05, 0) is 30.7 Å². The van der Waals surface area contributed by atoms with E-state index in [0.29, 0.717) is 6.54 Å². The maximum absolute atomic E-state index is 10.9. The normalized spacial score (nSPS) is 12.3. The van der Waals surface area contributed by atoms with Crippen molar-refractivity contribution in [3.8, 4) is 5.69 Å².